The van der Waals surface area contributed by atoms with Crippen molar-refractivity contribution < 1.29 is 0 Å². The minimum atomic E-state index is -1.02. The smallest absolute Gasteiger partial charge is 0.148 e. The van der Waals surface area contributed by atoms with E-state index in [1.54, 1.807) is 0 Å². The zero-order chi connectivity index (χ0) is 10.8. The third kappa shape index (κ3) is 2.69. The Labute approximate surface area is 89.4 Å². The second kappa shape index (κ2) is 4.28. The Kier molecular flexibility index (Phi) is 3.51. The van der Waals surface area contributed by atoms with Gasteiger partial charge in [0, 0.05) is 0 Å². The highest BCUT2D eigenvalue weighted by molar-refractivity contribution is 6.73. The second-order valence-corrected chi connectivity index (χ2v) is 9.38. The van der Waals surface area contributed by atoms with Gasteiger partial charge in [0.25, 0.3) is 0 Å². The van der Waals surface area contributed by atoms with Crippen molar-refractivity contribution in [1.82, 2.24) is 4.57 Å². The van der Waals surface area contributed by atoms with Gasteiger partial charge < -0.3 is 4.57 Å². The van der Waals surface area contributed by atoms with Gasteiger partial charge in [0.2, 0.25) is 0 Å². The molecule has 0 amide bonds. The van der Waals surface area contributed by atoms with Crippen molar-refractivity contribution in [3.63, 3.8) is 0 Å². The minimum Gasteiger partial charge on any atom is -0.328 e. The molecule has 1 aromatic carbocycles. The number of hydrogen-bond donors (Lipinski definition) is 0. The molecule has 1 aromatic rings. The lowest BCUT2D eigenvalue weighted by atomic mass is 10.2. The normalized spacial score (nSPS) is 14.4. The van der Waals surface area contributed by atoms with Gasteiger partial charge in [-0.2, -0.15) is 0 Å². The maximum Gasteiger partial charge on any atom is 0.148 e. The lowest BCUT2D eigenvalue weighted by Crippen LogP contribution is -2.50. The molecule has 1 unspecified atom stereocenters. The van der Waals surface area contributed by atoms with Gasteiger partial charge in [-0.25, -0.2) is 0 Å². The molecule has 0 spiro atoms. The molecule has 0 radical (unpaired) electrons. The van der Waals surface area contributed by atoms with E-state index in [-0.39, 0.29) is 0 Å². The molecule has 1 atom stereocenters. The Hall–Kier alpha value is -0.603. The van der Waals surface area contributed by atoms with Crippen molar-refractivity contribution in [2.24, 2.45) is 0 Å². The van der Waals surface area contributed by atoms with Gasteiger partial charge in [-0.05, 0) is 24.3 Å². The first-order valence-electron chi connectivity index (χ1n) is 5.14. The van der Waals surface area contributed by atoms with Crippen molar-refractivity contribution in [3.8, 4) is 0 Å². The van der Waals surface area contributed by atoms with E-state index in [2.05, 4.69) is 69.8 Å². The largest absolute Gasteiger partial charge is 0.328 e. The minimum absolute atomic E-state index is 0.408. The Bertz CT molecular complexity index is 274. The van der Waals surface area contributed by atoms with E-state index >= 15 is 0 Å². The van der Waals surface area contributed by atoms with Crippen LogP contribution in [-0.4, -0.2) is 27.6 Å². The van der Waals surface area contributed by atoms with Crippen molar-refractivity contribution in [2.75, 3.05) is 14.1 Å². The summed E-state index contributed by atoms with van der Waals surface area (Å²) in [5, 5.41) is 1.94. The topological polar surface area (TPSA) is 3.24 Å². The fourth-order valence-electron chi connectivity index (χ4n) is 2.21. The molecule has 0 heterocycles. The summed E-state index contributed by atoms with van der Waals surface area (Å²) >= 11 is 0. The summed E-state index contributed by atoms with van der Waals surface area (Å²) in [5.74, 6) is 0. The van der Waals surface area contributed by atoms with Crippen molar-refractivity contribution in [2.45, 2.75) is 25.8 Å². The van der Waals surface area contributed by atoms with Gasteiger partial charge in [0.15, 0.2) is 0 Å². The lowest BCUT2D eigenvalue weighted by Gasteiger charge is -2.34. The predicted octanol–water partition coefficient (Wildman–Crippen LogP) is 1.98. The SMILES string of the molecule is CN(C)[SiH](c1ccccc1)C(C)(C)C. The molecule has 2 heteroatoms. The van der Waals surface area contributed by atoms with E-state index in [0.29, 0.717) is 5.04 Å². The van der Waals surface area contributed by atoms with Crippen LogP contribution in [0.1, 0.15) is 20.8 Å². The summed E-state index contributed by atoms with van der Waals surface area (Å²) in [5.41, 5.74) is 0. The van der Waals surface area contributed by atoms with E-state index in [1.165, 1.54) is 5.19 Å². The van der Waals surface area contributed by atoms with E-state index in [1.807, 2.05) is 0 Å². The van der Waals surface area contributed by atoms with Gasteiger partial charge >= 0.3 is 0 Å². The molecular formula is C12H21NSi. The van der Waals surface area contributed by atoms with Gasteiger partial charge in [-0.3, -0.25) is 0 Å². The first kappa shape index (κ1) is 11.5. The molecule has 0 aromatic heterocycles. The van der Waals surface area contributed by atoms with Gasteiger partial charge in [0.05, 0.1) is 0 Å². The maximum absolute atomic E-state index is 2.43. The zero-order valence-electron chi connectivity index (χ0n) is 9.91. The molecule has 78 valence electrons. The Balaban J connectivity index is 3.02. The second-order valence-electron chi connectivity index (χ2n) is 5.14. The monoisotopic (exact) mass is 207 g/mol. The van der Waals surface area contributed by atoms with Crippen molar-refractivity contribution >= 4 is 14.1 Å². The van der Waals surface area contributed by atoms with Gasteiger partial charge in [0.1, 0.15) is 8.96 Å². The van der Waals surface area contributed by atoms with E-state index in [0.717, 1.165) is 0 Å². The molecule has 0 bridgehead atoms. The Morgan fingerprint density at radius 1 is 1.00 bits per heavy atom. The highest BCUT2D eigenvalue weighted by Crippen LogP contribution is 2.27. The fraction of sp³-hybridized carbons (Fsp3) is 0.500. The van der Waals surface area contributed by atoms with Crippen LogP contribution in [0.25, 0.3) is 0 Å². The molecule has 0 saturated carbocycles. The van der Waals surface area contributed by atoms with Crippen LogP contribution >= 0.6 is 0 Å². The molecule has 1 rings (SSSR count). The summed E-state index contributed by atoms with van der Waals surface area (Å²) in [4.78, 5) is 0. The van der Waals surface area contributed by atoms with Crippen LogP contribution < -0.4 is 5.19 Å². The van der Waals surface area contributed by atoms with Crippen LogP contribution in [0.3, 0.4) is 0 Å². The molecule has 0 N–H and O–H groups in total. The molecule has 0 fully saturated rings. The van der Waals surface area contributed by atoms with Crippen molar-refractivity contribution in [1.29, 1.82) is 0 Å². The van der Waals surface area contributed by atoms with Crippen LogP contribution in [0.15, 0.2) is 30.3 Å². The maximum atomic E-state index is 2.43. The average Bonchev–Trinajstić information content (AvgIpc) is 2.02. The molecule has 0 aliphatic carbocycles. The molecule has 0 aliphatic heterocycles. The Morgan fingerprint density at radius 2 is 1.50 bits per heavy atom. The predicted molar refractivity (Wildman–Crippen MR) is 66.6 cm³/mol. The van der Waals surface area contributed by atoms with E-state index < -0.39 is 8.96 Å². The summed E-state index contributed by atoms with van der Waals surface area (Å²) in [6.07, 6.45) is 0. The Morgan fingerprint density at radius 3 is 1.86 bits per heavy atom. The van der Waals surface area contributed by atoms with Crippen LogP contribution in [0, 0.1) is 0 Å². The summed E-state index contributed by atoms with van der Waals surface area (Å²) < 4.78 is 2.43. The van der Waals surface area contributed by atoms with Crippen molar-refractivity contribution in [3.05, 3.63) is 30.3 Å². The number of benzene rings is 1. The first-order valence-corrected chi connectivity index (χ1v) is 6.81. The van der Waals surface area contributed by atoms with E-state index in [9.17, 15) is 0 Å². The molecular weight excluding hydrogens is 186 g/mol. The molecule has 1 nitrogen and oxygen atoms in total. The molecule has 0 aliphatic rings. The highest BCUT2D eigenvalue weighted by Gasteiger charge is 2.29. The number of nitrogens with zero attached hydrogens (tertiary/aromatic N) is 1. The summed E-state index contributed by atoms with van der Waals surface area (Å²) in [6, 6.07) is 10.9. The molecule has 0 saturated heterocycles. The third-order valence-electron chi connectivity index (χ3n) is 2.45. The standard InChI is InChI=1S/C12H21NSi/c1-12(2,3)14(13(4)5)11-9-7-6-8-10-11/h6-10,14H,1-5H3. The fourth-order valence-corrected chi connectivity index (χ4v) is 5.94. The number of rotatable bonds is 2. The lowest BCUT2D eigenvalue weighted by molar-refractivity contribution is 0.585. The quantitative estimate of drug-likeness (QED) is 0.670. The van der Waals surface area contributed by atoms with Crippen LogP contribution in [-0.2, 0) is 0 Å². The van der Waals surface area contributed by atoms with Gasteiger partial charge in [-0.1, -0.05) is 51.1 Å². The van der Waals surface area contributed by atoms with E-state index in [4.69, 9.17) is 0 Å². The molecule has 14 heavy (non-hydrogen) atoms. The third-order valence-corrected chi connectivity index (χ3v) is 6.14. The number of hydrogen-bond acceptors (Lipinski definition) is 1. The first-order chi connectivity index (χ1) is 6.43. The summed E-state index contributed by atoms with van der Waals surface area (Å²) in [7, 11) is 3.39. The average molecular weight is 207 g/mol. The van der Waals surface area contributed by atoms with Gasteiger partial charge in [-0.15, -0.1) is 0 Å². The summed E-state index contributed by atoms with van der Waals surface area (Å²) in [6.45, 7) is 7.03. The van der Waals surface area contributed by atoms with Crippen LogP contribution in [0.4, 0.5) is 0 Å². The highest BCUT2D eigenvalue weighted by atomic mass is 28.3. The van der Waals surface area contributed by atoms with Crippen LogP contribution in [0.2, 0.25) is 5.04 Å². The zero-order valence-corrected chi connectivity index (χ0v) is 11.1. The van der Waals surface area contributed by atoms with Crippen LogP contribution in [0.5, 0.6) is 0 Å².